The van der Waals surface area contributed by atoms with Crippen molar-refractivity contribution < 1.29 is 28.2 Å². The molecule has 25 heavy (non-hydrogen) atoms. The van der Waals surface area contributed by atoms with Gasteiger partial charge in [0.05, 0.1) is 23.0 Å². The maximum atomic E-state index is 13.0. The normalized spacial score (nSPS) is 11.5. The highest BCUT2D eigenvalue weighted by Gasteiger charge is 2.32. The Morgan fingerprint density at radius 3 is 2.48 bits per heavy atom. The Hall–Kier alpha value is -3.29. The number of carboxylic acid groups (broad SMARTS) is 1. The molecule has 0 saturated carbocycles. The minimum absolute atomic E-state index is 0.0290. The van der Waals surface area contributed by atoms with Gasteiger partial charge in [0.2, 0.25) is 0 Å². The van der Waals surface area contributed by atoms with Crippen LogP contribution in [0.4, 0.5) is 13.2 Å². The molecule has 1 aromatic heterocycles. The third-order valence-corrected chi connectivity index (χ3v) is 3.52. The van der Waals surface area contributed by atoms with Crippen LogP contribution in [0.3, 0.4) is 0 Å². The molecule has 8 heteroatoms. The van der Waals surface area contributed by atoms with Crippen molar-refractivity contribution in [1.29, 1.82) is 0 Å². The Morgan fingerprint density at radius 2 is 1.84 bits per heavy atom. The summed E-state index contributed by atoms with van der Waals surface area (Å²) in [5.74, 6) is -1.43. The smallest absolute Gasteiger partial charge is 0.416 e. The highest BCUT2D eigenvalue weighted by atomic mass is 19.4. The summed E-state index contributed by atoms with van der Waals surface area (Å²) in [5, 5.41) is 22.5. The summed E-state index contributed by atoms with van der Waals surface area (Å²) in [4.78, 5) is 11.1. The van der Waals surface area contributed by atoms with Crippen LogP contribution in [0, 0.1) is 0 Å². The number of phenols is 1. The number of hydrogen-bond acceptors (Lipinski definition) is 3. The molecule has 0 bridgehead atoms. The van der Waals surface area contributed by atoms with E-state index in [1.807, 2.05) is 0 Å². The average Bonchev–Trinajstić information content (AvgIpc) is 3.03. The number of aromatic hydroxyl groups is 1. The second-order valence-electron chi connectivity index (χ2n) is 5.30. The Balaban J connectivity index is 2.08. The van der Waals surface area contributed by atoms with Crippen LogP contribution in [0.5, 0.6) is 5.75 Å². The number of carbonyl (C=O) groups is 1. The summed E-state index contributed by atoms with van der Waals surface area (Å²) in [6.45, 7) is 0. The predicted molar refractivity (Wildman–Crippen MR) is 82.6 cm³/mol. The summed E-state index contributed by atoms with van der Waals surface area (Å²) in [6.07, 6.45) is -1.81. The van der Waals surface area contributed by atoms with Crippen LogP contribution in [0.15, 0.2) is 54.9 Å². The molecule has 0 aliphatic heterocycles. The first-order valence-corrected chi connectivity index (χ1v) is 7.04. The maximum absolute atomic E-state index is 13.0. The van der Waals surface area contributed by atoms with Crippen molar-refractivity contribution in [2.75, 3.05) is 0 Å². The van der Waals surface area contributed by atoms with Crippen LogP contribution >= 0.6 is 0 Å². The van der Waals surface area contributed by atoms with Gasteiger partial charge in [-0.2, -0.15) is 18.3 Å². The third-order valence-electron chi connectivity index (χ3n) is 3.52. The zero-order valence-corrected chi connectivity index (χ0v) is 12.5. The molecular formula is C17H11F3N2O3. The number of aromatic nitrogens is 2. The standard InChI is InChI=1S/C17H11F3N2O3/c18-17(19,20)13-4-11(16(24)25)5-14(7-13)22-9-12(8-21-22)10-2-1-3-15(23)6-10/h1-9,23H,(H,24,25). The van der Waals surface area contributed by atoms with E-state index >= 15 is 0 Å². The van der Waals surface area contributed by atoms with Crippen LogP contribution in [-0.4, -0.2) is 26.0 Å². The molecule has 0 atom stereocenters. The van der Waals surface area contributed by atoms with Crippen molar-refractivity contribution in [2.45, 2.75) is 6.18 Å². The molecule has 3 rings (SSSR count). The largest absolute Gasteiger partial charge is 0.508 e. The van der Waals surface area contributed by atoms with E-state index in [4.69, 9.17) is 5.11 Å². The van der Waals surface area contributed by atoms with Crippen molar-refractivity contribution in [3.8, 4) is 22.6 Å². The SMILES string of the molecule is O=C(O)c1cc(-n2cc(-c3cccc(O)c3)cn2)cc(C(F)(F)F)c1. The first-order chi connectivity index (χ1) is 11.7. The van der Waals surface area contributed by atoms with E-state index in [9.17, 15) is 23.1 Å². The first kappa shape index (κ1) is 16.6. The zero-order chi connectivity index (χ0) is 18.2. The van der Waals surface area contributed by atoms with E-state index in [1.54, 1.807) is 12.1 Å². The van der Waals surface area contributed by atoms with E-state index in [0.717, 1.165) is 16.8 Å². The van der Waals surface area contributed by atoms with E-state index in [1.165, 1.54) is 24.5 Å². The summed E-state index contributed by atoms with van der Waals surface area (Å²) in [7, 11) is 0. The molecule has 0 spiro atoms. The van der Waals surface area contributed by atoms with Gasteiger partial charge in [-0.05, 0) is 35.9 Å². The fraction of sp³-hybridized carbons (Fsp3) is 0.0588. The minimum atomic E-state index is -4.68. The van der Waals surface area contributed by atoms with Crippen LogP contribution in [-0.2, 0) is 6.18 Å². The van der Waals surface area contributed by atoms with E-state index in [-0.39, 0.29) is 11.4 Å². The molecule has 0 saturated heterocycles. The van der Waals surface area contributed by atoms with Gasteiger partial charge in [0, 0.05) is 11.8 Å². The van der Waals surface area contributed by atoms with Crippen molar-refractivity contribution >= 4 is 5.97 Å². The highest BCUT2D eigenvalue weighted by Crippen LogP contribution is 2.32. The average molecular weight is 348 g/mol. The quantitative estimate of drug-likeness (QED) is 0.751. The van der Waals surface area contributed by atoms with E-state index in [2.05, 4.69) is 5.10 Å². The number of phenolic OH excluding ortho intramolecular Hbond substituents is 1. The third kappa shape index (κ3) is 3.47. The number of hydrogen-bond donors (Lipinski definition) is 2. The number of nitrogens with zero attached hydrogens (tertiary/aromatic N) is 2. The molecule has 128 valence electrons. The Labute approximate surface area is 139 Å². The molecular weight excluding hydrogens is 337 g/mol. The van der Waals surface area contributed by atoms with Gasteiger partial charge >= 0.3 is 12.1 Å². The van der Waals surface area contributed by atoms with E-state index in [0.29, 0.717) is 17.2 Å². The van der Waals surface area contributed by atoms with Crippen molar-refractivity contribution in [3.63, 3.8) is 0 Å². The molecule has 3 aromatic rings. The molecule has 0 amide bonds. The Morgan fingerprint density at radius 1 is 1.08 bits per heavy atom. The zero-order valence-electron chi connectivity index (χ0n) is 12.5. The van der Waals surface area contributed by atoms with Gasteiger partial charge in [0.1, 0.15) is 5.75 Å². The molecule has 2 aromatic carbocycles. The number of benzene rings is 2. The molecule has 1 heterocycles. The van der Waals surface area contributed by atoms with E-state index < -0.39 is 23.3 Å². The summed E-state index contributed by atoms with van der Waals surface area (Å²) in [5.41, 5.74) is -0.406. The van der Waals surface area contributed by atoms with Crippen LogP contribution in [0.25, 0.3) is 16.8 Å². The summed E-state index contributed by atoms with van der Waals surface area (Å²) in [6, 6.07) is 8.80. The van der Waals surface area contributed by atoms with Gasteiger partial charge in [-0.25, -0.2) is 9.48 Å². The molecule has 0 radical (unpaired) electrons. The topological polar surface area (TPSA) is 75.3 Å². The second-order valence-corrected chi connectivity index (χ2v) is 5.30. The number of alkyl halides is 3. The first-order valence-electron chi connectivity index (χ1n) is 7.04. The number of halogens is 3. The lowest BCUT2D eigenvalue weighted by atomic mass is 10.1. The number of carboxylic acids is 1. The number of aromatic carboxylic acids is 1. The lowest BCUT2D eigenvalue weighted by Gasteiger charge is -2.10. The van der Waals surface area contributed by atoms with Crippen LogP contribution in [0.1, 0.15) is 15.9 Å². The molecule has 0 aliphatic carbocycles. The molecule has 0 aliphatic rings. The fourth-order valence-corrected chi connectivity index (χ4v) is 2.33. The Bertz CT molecular complexity index is 948. The minimum Gasteiger partial charge on any atom is -0.508 e. The van der Waals surface area contributed by atoms with Gasteiger partial charge in [-0.3, -0.25) is 0 Å². The van der Waals surface area contributed by atoms with Gasteiger partial charge < -0.3 is 10.2 Å². The molecule has 5 nitrogen and oxygen atoms in total. The van der Waals surface area contributed by atoms with Gasteiger partial charge in [0.15, 0.2) is 0 Å². The second kappa shape index (κ2) is 5.97. The van der Waals surface area contributed by atoms with Gasteiger partial charge in [-0.15, -0.1) is 0 Å². The summed E-state index contributed by atoms with van der Waals surface area (Å²) < 4.78 is 40.1. The van der Waals surface area contributed by atoms with Crippen molar-refractivity contribution in [3.05, 3.63) is 66.0 Å². The molecule has 0 unspecified atom stereocenters. The Kier molecular flexibility index (Phi) is 3.96. The van der Waals surface area contributed by atoms with Gasteiger partial charge in [0.25, 0.3) is 0 Å². The highest BCUT2D eigenvalue weighted by molar-refractivity contribution is 5.88. The maximum Gasteiger partial charge on any atom is 0.416 e. The fourth-order valence-electron chi connectivity index (χ4n) is 2.33. The predicted octanol–water partition coefficient (Wildman–Crippen LogP) is 3.96. The monoisotopic (exact) mass is 348 g/mol. The molecule has 0 fully saturated rings. The number of rotatable bonds is 3. The van der Waals surface area contributed by atoms with Crippen molar-refractivity contribution in [2.24, 2.45) is 0 Å². The summed E-state index contributed by atoms with van der Waals surface area (Å²) >= 11 is 0. The lowest BCUT2D eigenvalue weighted by molar-refractivity contribution is -0.137. The van der Waals surface area contributed by atoms with Crippen LogP contribution < -0.4 is 0 Å². The van der Waals surface area contributed by atoms with Crippen molar-refractivity contribution in [1.82, 2.24) is 9.78 Å². The molecule has 2 N–H and O–H groups in total. The van der Waals surface area contributed by atoms with Gasteiger partial charge in [-0.1, -0.05) is 12.1 Å². The lowest BCUT2D eigenvalue weighted by Crippen LogP contribution is -2.10. The van der Waals surface area contributed by atoms with Crippen LogP contribution in [0.2, 0.25) is 0 Å².